The Kier molecular flexibility index (Phi) is 5.60. The van der Waals surface area contributed by atoms with E-state index < -0.39 is 6.10 Å². The van der Waals surface area contributed by atoms with E-state index in [0.29, 0.717) is 24.0 Å². The van der Waals surface area contributed by atoms with Gasteiger partial charge in [0.05, 0.1) is 17.6 Å². The number of hydrogen-bond acceptors (Lipinski definition) is 3. The van der Waals surface area contributed by atoms with Crippen molar-refractivity contribution >= 4 is 22.6 Å². The summed E-state index contributed by atoms with van der Waals surface area (Å²) in [7, 11) is 0. The van der Waals surface area contributed by atoms with Crippen LogP contribution in [0.5, 0.6) is 5.75 Å². The molecule has 142 valence electrons. The molecule has 1 atom stereocenters. The molecule has 1 heterocycles. The second-order valence-corrected chi connectivity index (χ2v) is 7.02. The number of rotatable bonds is 7. The van der Waals surface area contributed by atoms with Crippen LogP contribution in [0, 0.1) is 0 Å². The normalized spacial score (nSPS) is 12.2. The topological polar surface area (TPSA) is 47.3 Å². The molecule has 0 amide bonds. The maximum atomic E-state index is 10.9. The van der Waals surface area contributed by atoms with Gasteiger partial charge in [0.15, 0.2) is 0 Å². The fourth-order valence-corrected chi connectivity index (χ4v) is 3.39. The number of benzene rings is 3. The van der Waals surface area contributed by atoms with Crippen molar-refractivity contribution in [1.82, 2.24) is 9.55 Å². The molecule has 0 fully saturated rings. The number of aromatic nitrogens is 2. The molecule has 0 bridgehead atoms. The molecule has 4 rings (SSSR count). The molecule has 0 aliphatic heterocycles. The first kappa shape index (κ1) is 18.5. The zero-order valence-corrected chi connectivity index (χ0v) is 16.1. The van der Waals surface area contributed by atoms with Gasteiger partial charge in [0.25, 0.3) is 0 Å². The van der Waals surface area contributed by atoms with Crippen molar-refractivity contribution in [3.05, 3.63) is 95.3 Å². The van der Waals surface area contributed by atoms with Crippen LogP contribution in [0.3, 0.4) is 0 Å². The molecule has 0 radical (unpaired) electrons. The number of aryl methyl sites for hydroxylation is 1. The summed E-state index contributed by atoms with van der Waals surface area (Å²) in [6.45, 7) is 1.27. The van der Waals surface area contributed by atoms with E-state index in [2.05, 4.69) is 4.57 Å². The Bertz CT molecular complexity index is 1050. The fourth-order valence-electron chi connectivity index (χ4n) is 3.27. The number of hydrogen-bond donors (Lipinski definition) is 1. The molecule has 5 heteroatoms. The average Bonchev–Trinajstić information content (AvgIpc) is 3.11. The van der Waals surface area contributed by atoms with Crippen molar-refractivity contribution in [2.24, 2.45) is 0 Å². The molecule has 0 spiro atoms. The van der Waals surface area contributed by atoms with Gasteiger partial charge in [-0.25, -0.2) is 4.98 Å². The predicted octanol–water partition coefficient (Wildman–Crippen LogP) is 5.24. The average molecular weight is 393 g/mol. The Balaban J connectivity index is 1.52. The first-order valence-corrected chi connectivity index (χ1v) is 9.67. The third kappa shape index (κ3) is 4.03. The van der Waals surface area contributed by atoms with Crippen molar-refractivity contribution in [1.29, 1.82) is 0 Å². The minimum atomic E-state index is -0.772. The number of nitrogens with zero attached hydrogens (tertiary/aromatic N) is 2. The first-order chi connectivity index (χ1) is 13.7. The van der Waals surface area contributed by atoms with Gasteiger partial charge in [-0.3, -0.25) is 0 Å². The molecular weight excluding hydrogens is 372 g/mol. The maximum absolute atomic E-state index is 10.9. The molecule has 0 aliphatic rings. The largest absolute Gasteiger partial charge is 0.494 e. The number of imidazole rings is 1. The van der Waals surface area contributed by atoms with Gasteiger partial charge in [-0.2, -0.15) is 0 Å². The van der Waals surface area contributed by atoms with Gasteiger partial charge in [-0.1, -0.05) is 54.1 Å². The molecule has 3 aromatic carbocycles. The van der Waals surface area contributed by atoms with E-state index in [0.717, 1.165) is 28.8 Å². The summed E-state index contributed by atoms with van der Waals surface area (Å²) < 4.78 is 7.88. The highest BCUT2D eigenvalue weighted by Gasteiger charge is 2.19. The van der Waals surface area contributed by atoms with E-state index in [1.807, 2.05) is 78.9 Å². The molecule has 0 saturated heterocycles. The lowest BCUT2D eigenvalue weighted by Crippen LogP contribution is -2.12. The summed E-state index contributed by atoms with van der Waals surface area (Å²) in [5, 5.41) is 11.6. The van der Waals surface area contributed by atoms with Crippen molar-refractivity contribution in [3.8, 4) is 5.75 Å². The van der Waals surface area contributed by atoms with Crippen molar-refractivity contribution < 1.29 is 9.84 Å². The third-order valence-corrected chi connectivity index (χ3v) is 4.90. The monoisotopic (exact) mass is 392 g/mol. The summed E-state index contributed by atoms with van der Waals surface area (Å²) in [6, 6.07) is 24.9. The SMILES string of the molecule is OC(c1ccccc1)c1nc2ccccc2n1CCCOc1ccc(Cl)cc1. The van der Waals surface area contributed by atoms with E-state index in [1.54, 1.807) is 0 Å². The van der Waals surface area contributed by atoms with E-state index in [9.17, 15) is 5.11 Å². The van der Waals surface area contributed by atoms with Crippen molar-refractivity contribution in [2.45, 2.75) is 19.1 Å². The van der Waals surface area contributed by atoms with E-state index >= 15 is 0 Å². The highest BCUT2D eigenvalue weighted by atomic mass is 35.5. The van der Waals surface area contributed by atoms with Crippen LogP contribution >= 0.6 is 11.6 Å². The highest BCUT2D eigenvalue weighted by molar-refractivity contribution is 6.30. The van der Waals surface area contributed by atoms with Crippen LogP contribution in [0.4, 0.5) is 0 Å². The first-order valence-electron chi connectivity index (χ1n) is 9.29. The Morgan fingerprint density at radius 3 is 2.43 bits per heavy atom. The molecule has 1 N–H and O–H groups in total. The maximum Gasteiger partial charge on any atom is 0.143 e. The molecule has 28 heavy (non-hydrogen) atoms. The summed E-state index contributed by atoms with van der Waals surface area (Å²) in [4.78, 5) is 4.69. The minimum Gasteiger partial charge on any atom is -0.494 e. The van der Waals surface area contributed by atoms with Crippen LogP contribution in [0.25, 0.3) is 11.0 Å². The number of ether oxygens (including phenoxy) is 1. The minimum absolute atomic E-state index is 0.564. The number of aliphatic hydroxyl groups is 1. The summed E-state index contributed by atoms with van der Waals surface area (Å²) >= 11 is 5.90. The quantitative estimate of drug-likeness (QED) is 0.437. The standard InChI is InChI=1S/C23H21ClN2O2/c24-18-11-13-19(14-12-18)28-16-6-15-26-21-10-5-4-9-20(21)25-23(26)22(27)17-7-2-1-3-8-17/h1-5,7-14,22,27H,6,15-16H2. The van der Waals surface area contributed by atoms with Crippen LogP contribution in [0.2, 0.25) is 5.02 Å². The molecule has 0 aliphatic carbocycles. The predicted molar refractivity (Wildman–Crippen MR) is 112 cm³/mol. The molecule has 4 nitrogen and oxygen atoms in total. The summed E-state index contributed by atoms with van der Waals surface area (Å²) in [5.41, 5.74) is 2.72. The molecule has 1 aromatic heterocycles. The van der Waals surface area contributed by atoms with E-state index in [1.165, 1.54) is 0 Å². The lowest BCUT2D eigenvalue weighted by atomic mass is 10.1. The number of para-hydroxylation sites is 2. The zero-order chi connectivity index (χ0) is 19.3. The number of aliphatic hydroxyl groups excluding tert-OH is 1. The highest BCUT2D eigenvalue weighted by Crippen LogP contribution is 2.26. The van der Waals surface area contributed by atoms with E-state index in [-0.39, 0.29) is 0 Å². The van der Waals surface area contributed by atoms with Gasteiger partial charge in [0.2, 0.25) is 0 Å². The van der Waals surface area contributed by atoms with Gasteiger partial charge < -0.3 is 14.4 Å². The Morgan fingerprint density at radius 2 is 1.64 bits per heavy atom. The third-order valence-electron chi connectivity index (χ3n) is 4.65. The van der Waals surface area contributed by atoms with Gasteiger partial charge in [0.1, 0.15) is 17.7 Å². The second kappa shape index (κ2) is 8.46. The number of fused-ring (bicyclic) bond motifs is 1. The van der Waals surface area contributed by atoms with Crippen LogP contribution < -0.4 is 4.74 Å². The van der Waals surface area contributed by atoms with Crippen LogP contribution in [-0.2, 0) is 6.54 Å². The van der Waals surface area contributed by atoms with Gasteiger partial charge in [-0.15, -0.1) is 0 Å². The molecule has 4 aromatic rings. The van der Waals surface area contributed by atoms with Crippen LogP contribution in [0.1, 0.15) is 23.9 Å². The second-order valence-electron chi connectivity index (χ2n) is 6.58. The Labute approximate surface area is 169 Å². The van der Waals surface area contributed by atoms with Gasteiger partial charge >= 0.3 is 0 Å². The summed E-state index contributed by atoms with van der Waals surface area (Å²) in [5.74, 6) is 1.45. The lowest BCUT2D eigenvalue weighted by Gasteiger charge is -2.15. The van der Waals surface area contributed by atoms with Crippen molar-refractivity contribution in [3.63, 3.8) is 0 Å². The van der Waals surface area contributed by atoms with Crippen LogP contribution in [0.15, 0.2) is 78.9 Å². The molecular formula is C23H21ClN2O2. The fraction of sp³-hybridized carbons (Fsp3) is 0.174. The molecule has 1 unspecified atom stereocenters. The number of halogens is 1. The molecule has 0 saturated carbocycles. The van der Waals surface area contributed by atoms with E-state index in [4.69, 9.17) is 21.3 Å². The smallest absolute Gasteiger partial charge is 0.143 e. The Hall–Kier alpha value is -2.82. The summed E-state index contributed by atoms with van der Waals surface area (Å²) in [6.07, 6.45) is 0.0168. The van der Waals surface area contributed by atoms with Crippen LogP contribution in [-0.4, -0.2) is 21.3 Å². The van der Waals surface area contributed by atoms with Crippen molar-refractivity contribution in [2.75, 3.05) is 6.61 Å². The zero-order valence-electron chi connectivity index (χ0n) is 15.3. The van der Waals surface area contributed by atoms with Gasteiger partial charge in [0, 0.05) is 11.6 Å². The lowest BCUT2D eigenvalue weighted by molar-refractivity contribution is 0.203. The Morgan fingerprint density at radius 1 is 0.929 bits per heavy atom. The van der Waals surface area contributed by atoms with Gasteiger partial charge in [-0.05, 0) is 48.4 Å².